The van der Waals surface area contributed by atoms with Gasteiger partial charge >= 0.3 is 12.1 Å². The Morgan fingerprint density at radius 1 is 1.06 bits per heavy atom. The molecule has 0 unspecified atom stereocenters. The minimum Gasteiger partial charge on any atom is -0.444 e. The monoisotopic (exact) mass is 485 g/mol. The van der Waals surface area contributed by atoms with Crippen molar-refractivity contribution in [2.24, 2.45) is 0 Å². The molecule has 0 bridgehead atoms. The number of benzene rings is 1. The zero-order chi connectivity index (χ0) is 25.2. The fourth-order valence-corrected chi connectivity index (χ4v) is 3.94. The molecule has 1 aromatic carbocycles. The first-order chi connectivity index (χ1) is 16.6. The van der Waals surface area contributed by atoms with Gasteiger partial charge in [0.15, 0.2) is 0 Å². The van der Waals surface area contributed by atoms with Crippen LogP contribution >= 0.6 is 0 Å². The molecule has 0 spiro atoms. The van der Waals surface area contributed by atoms with E-state index in [1.807, 2.05) is 20.8 Å². The van der Waals surface area contributed by atoms with Crippen LogP contribution < -0.4 is 16.0 Å². The van der Waals surface area contributed by atoms with Gasteiger partial charge in [-0.3, -0.25) is 4.79 Å². The highest BCUT2D eigenvalue weighted by molar-refractivity contribution is 6.03. The van der Waals surface area contributed by atoms with Crippen LogP contribution in [0.2, 0.25) is 0 Å². The molecule has 35 heavy (non-hydrogen) atoms. The molecule has 2 fully saturated rings. The van der Waals surface area contributed by atoms with Crippen molar-refractivity contribution < 1.29 is 23.5 Å². The molecule has 3 N–H and O–H groups in total. The van der Waals surface area contributed by atoms with Gasteiger partial charge in [-0.05, 0) is 64.7 Å². The molecule has 1 saturated carbocycles. The molecule has 4 rings (SSSR count). The highest BCUT2D eigenvalue weighted by Gasteiger charge is 2.30. The van der Waals surface area contributed by atoms with Gasteiger partial charge in [0.1, 0.15) is 11.4 Å². The van der Waals surface area contributed by atoms with E-state index in [1.165, 1.54) is 12.1 Å². The molecule has 1 aromatic heterocycles. The Balaban J connectivity index is 1.50. The maximum absolute atomic E-state index is 13.8. The smallest absolute Gasteiger partial charge is 0.410 e. The maximum Gasteiger partial charge on any atom is 0.410 e. The number of likely N-dealkylation sites (tertiary alicyclic amines) is 1. The Kier molecular flexibility index (Phi) is 7.00. The number of carbonyl (C=O) groups excluding carboxylic acids is 3. The lowest BCUT2D eigenvalue weighted by Crippen LogP contribution is -2.50. The van der Waals surface area contributed by atoms with E-state index in [0.29, 0.717) is 30.9 Å². The summed E-state index contributed by atoms with van der Waals surface area (Å²) in [7, 11) is 0. The number of urea groups is 1. The number of nitrogens with zero attached hydrogens (tertiary/aromatic N) is 2. The lowest BCUT2D eigenvalue weighted by molar-refractivity contribution is 0.0185. The van der Waals surface area contributed by atoms with E-state index in [9.17, 15) is 18.8 Å². The Morgan fingerprint density at radius 3 is 2.51 bits per heavy atom. The highest BCUT2D eigenvalue weighted by Crippen LogP contribution is 2.24. The van der Waals surface area contributed by atoms with Crippen LogP contribution in [0, 0.1) is 5.82 Å². The predicted molar refractivity (Wildman–Crippen MR) is 129 cm³/mol. The van der Waals surface area contributed by atoms with Crippen molar-refractivity contribution in [2.75, 3.05) is 18.4 Å². The third-order valence-electron chi connectivity index (χ3n) is 5.75. The molecule has 1 saturated heterocycles. The molecule has 0 radical (unpaired) electrons. The standard InChI is InChI=1S/C25H32FN5O4/c1-25(2,3)35-24(34)30-11-5-7-18(13-30)27-22(32)20-14-31(19-8-4-6-16(26)12-19)15-21(20)29-23(33)28-17-9-10-17/h4,6,8,12,14-15,17-18H,5,7,9-11,13H2,1-3H3,(H,27,32)(H2,28,29,33)/t18-/m0/s1. The van der Waals surface area contributed by atoms with Crippen molar-refractivity contribution in [3.05, 3.63) is 48.0 Å². The molecule has 1 aliphatic heterocycles. The number of rotatable bonds is 5. The van der Waals surface area contributed by atoms with Crippen LogP contribution in [0.1, 0.15) is 56.8 Å². The van der Waals surface area contributed by atoms with Crippen LogP contribution in [0.25, 0.3) is 5.69 Å². The van der Waals surface area contributed by atoms with Crippen molar-refractivity contribution >= 4 is 23.7 Å². The summed E-state index contributed by atoms with van der Waals surface area (Å²) < 4.78 is 20.8. The van der Waals surface area contributed by atoms with Crippen molar-refractivity contribution in [1.82, 2.24) is 20.1 Å². The number of aromatic nitrogens is 1. The van der Waals surface area contributed by atoms with Crippen molar-refractivity contribution in [1.29, 1.82) is 0 Å². The van der Waals surface area contributed by atoms with Gasteiger partial charge in [0, 0.05) is 43.3 Å². The van der Waals surface area contributed by atoms with E-state index >= 15 is 0 Å². The van der Waals surface area contributed by atoms with E-state index in [-0.39, 0.29) is 17.6 Å². The maximum atomic E-state index is 13.8. The average Bonchev–Trinajstić information content (AvgIpc) is 3.48. The normalized spacial score (nSPS) is 18.1. The van der Waals surface area contributed by atoms with Gasteiger partial charge in [-0.15, -0.1) is 0 Å². The lowest BCUT2D eigenvalue weighted by Gasteiger charge is -2.34. The summed E-state index contributed by atoms with van der Waals surface area (Å²) in [6.45, 7) is 6.32. The molecule has 4 amide bonds. The number of hydrogen-bond donors (Lipinski definition) is 3. The first kappa shape index (κ1) is 24.6. The van der Waals surface area contributed by atoms with Gasteiger partial charge in [0.05, 0.1) is 11.3 Å². The first-order valence-electron chi connectivity index (χ1n) is 11.9. The lowest BCUT2D eigenvalue weighted by atomic mass is 10.1. The van der Waals surface area contributed by atoms with Gasteiger partial charge in [-0.1, -0.05) is 6.07 Å². The zero-order valence-electron chi connectivity index (χ0n) is 20.3. The summed E-state index contributed by atoms with van der Waals surface area (Å²) >= 11 is 0. The number of hydrogen-bond acceptors (Lipinski definition) is 4. The topological polar surface area (TPSA) is 105 Å². The van der Waals surface area contributed by atoms with Crippen LogP contribution in [0.4, 0.5) is 19.7 Å². The second-order valence-electron chi connectivity index (χ2n) is 10.1. The summed E-state index contributed by atoms with van der Waals surface area (Å²) in [4.78, 5) is 39.7. The number of halogens is 1. The molecule has 1 aliphatic carbocycles. The molecule has 1 atom stereocenters. The first-order valence-corrected chi connectivity index (χ1v) is 11.9. The minimum absolute atomic E-state index is 0.152. The van der Waals surface area contributed by atoms with Crippen LogP contribution in [0.3, 0.4) is 0 Å². The summed E-state index contributed by atoms with van der Waals surface area (Å²) in [5.41, 5.74) is 0.470. The third kappa shape index (κ3) is 6.74. The van der Waals surface area contributed by atoms with E-state index in [2.05, 4.69) is 16.0 Å². The summed E-state index contributed by atoms with van der Waals surface area (Å²) in [5.74, 6) is -0.800. The van der Waals surface area contributed by atoms with Crippen LogP contribution in [0.5, 0.6) is 0 Å². The second kappa shape index (κ2) is 9.97. The highest BCUT2D eigenvalue weighted by atomic mass is 19.1. The summed E-state index contributed by atoms with van der Waals surface area (Å²) in [5, 5.41) is 8.56. The minimum atomic E-state index is -0.602. The van der Waals surface area contributed by atoms with Crippen molar-refractivity contribution in [3.8, 4) is 5.69 Å². The number of ether oxygens (including phenoxy) is 1. The summed E-state index contributed by atoms with van der Waals surface area (Å²) in [6, 6.07) is 5.45. The number of carbonyl (C=O) groups is 3. The molecule has 9 nitrogen and oxygen atoms in total. The molecular formula is C25H32FN5O4. The fraction of sp³-hybridized carbons (Fsp3) is 0.480. The van der Waals surface area contributed by atoms with Gasteiger partial charge in [0.25, 0.3) is 5.91 Å². The van der Waals surface area contributed by atoms with E-state index in [0.717, 1.165) is 19.3 Å². The number of piperidine rings is 1. The van der Waals surface area contributed by atoms with Gasteiger partial charge in [-0.2, -0.15) is 0 Å². The molecular weight excluding hydrogens is 453 g/mol. The Bertz CT molecular complexity index is 1110. The number of anilines is 1. The SMILES string of the molecule is CC(C)(C)OC(=O)N1CCC[C@H](NC(=O)c2cn(-c3cccc(F)c3)cc2NC(=O)NC2CC2)C1. The van der Waals surface area contributed by atoms with Gasteiger partial charge < -0.3 is 30.2 Å². The van der Waals surface area contributed by atoms with Crippen LogP contribution in [0.15, 0.2) is 36.7 Å². The average molecular weight is 486 g/mol. The molecule has 2 aliphatic rings. The fourth-order valence-electron chi connectivity index (χ4n) is 3.94. The Morgan fingerprint density at radius 2 is 1.83 bits per heavy atom. The Labute approximate surface area is 204 Å². The molecule has 2 aromatic rings. The van der Waals surface area contributed by atoms with Gasteiger partial charge in [-0.25, -0.2) is 14.0 Å². The number of nitrogens with one attached hydrogen (secondary N) is 3. The third-order valence-corrected chi connectivity index (χ3v) is 5.75. The van der Waals surface area contributed by atoms with Crippen LogP contribution in [-0.4, -0.2) is 58.3 Å². The van der Waals surface area contributed by atoms with E-state index in [1.54, 1.807) is 34.0 Å². The van der Waals surface area contributed by atoms with E-state index in [4.69, 9.17) is 4.74 Å². The van der Waals surface area contributed by atoms with Crippen molar-refractivity contribution in [2.45, 2.75) is 64.1 Å². The summed E-state index contributed by atoms with van der Waals surface area (Å²) in [6.07, 6.45) is 6.04. The largest absolute Gasteiger partial charge is 0.444 e. The zero-order valence-corrected chi connectivity index (χ0v) is 20.3. The van der Waals surface area contributed by atoms with Crippen molar-refractivity contribution in [3.63, 3.8) is 0 Å². The second-order valence-corrected chi connectivity index (χ2v) is 10.1. The Hall–Kier alpha value is -3.56. The van der Waals surface area contributed by atoms with E-state index < -0.39 is 29.4 Å². The molecule has 188 valence electrons. The van der Waals surface area contributed by atoms with Gasteiger partial charge in [0.2, 0.25) is 0 Å². The molecule has 2 heterocycles. The quantitative estimate of drug-likeness (QED) is 0.595. The predicted octanol–water partition coefficient (Wildman–Crippen LogP) is 4.03. The number of amides is 4. The molecule has 10 heteroatoms. The van der Waals surface area contributed by atoms with Crippen LogP contribution in [-0.2, 0) is 4.74 Å².